The molecule has 0 aromatic rings. The molecule has 2 heteroatoms. The van der Waals surface area contributed by atoms with Crippen molar-refractivity contribution in [2.75, 3.05) is 0 Å². The lowest BCUT2D eigenvalue weighted by Gasteiger charge is -2.33. The van der Waals surface area contributed by atoms with Gasteiger partial charge in [0.05, 0.1) is 0 Å². The number of hydrogen-bond donors (Lipinski definition) is 0. The maximum atomic E-state index is 12.0. The molecule has 0 rings (SSSR count). The lowest BCUT2D eigenvalue weighted by Crippen LogP contribution is -2.33. The van der Waals surface area contributed by atoms with Crippen LogP contribution in [0.4, 0.5) is 0 Å². The van der Waals surface area contributed by atoms with E-state index in [9.17, 15) is 9.59 Å². The van der Waals surface area contributed by atoms with Crippen molar-refractivity contribution in [1.29, 1.82) is 0 Å². The number of carbonyl (C=O) groups is 2. The molecular formula is C13H24O2. The van der Waals surface area contributed by atoms with Gasteiger partial charge in [0.25, 0.3) is 0 Å². The minimum absolute atomic E-state index is 0.0621. The zero-order chi connectivity index (χ0) is 12.3. The minimum Gasteiger partial charge on any atom is -0.303 e. The fourth-order valence-corrected chi connectivity index (χ4v) is 2.36. The Morgan fingerprint density at radius 3 is 2.00 bits per heavy atom. The van der Waals surface area contributed by atoms with Crippen LogP contribution in [-0.2, 0) is 9.59 Å². The second kappa shape index (κ2) is 4.91. The molecule has 0 aliphatic rings. The van der Waals surface area contributed by atoms with Crippen molar-refractivity contribution in [3.63, 3.8) is 0 Å². The molecule has 0 aromatic carbocycles. The van der Waals surface area contributed by atoms with E-state index < -0.39 is 0 Å². The van der Waals surface area contributed by atoms with Gasteiger partial charge in [-0.3, -0.25) is 4.79 Å². The van der Waals surface area contributed by atoms with Crippen LogP contribution >= 0.6 is 0 Å². The summed E-state index contributed by atoms with van der Waals surface area (Å²) in [6.45, 7) is 11.9. The average Bonchev–Trinajstić information content (AvgIpc) is 2.00. The van der Waals surface area contributed by atoms with Gasteiger partial charge in [-0.25, -0.2) is 0 Å². The van der Waals surface area contributed by atoms with Gasteiger partial charge in [-0.15, -0.1) is 0 Å². The predicted molar refractivity (Wildman–Crippen MR) is 62.7 cm³/mol. The van der Waals surface area contributed by atoms with E-state index in [1.165, 1.54) is 0 Å². The molecular weight excluding hydrogens is 188 g/mol. The van der Waals surface area contributed by atoms with Crippen molar-refractivity contribution in [3.05, 3.63) is 0 Å². The Labute approximate surface area is 93.4 Å². The Bertz CT molecular complexity index is 237. The van der Waals surface area contributed by atoms with Crippen molar-refractivity contribution in [1.82, 2.24) is 0 Å². The van der Waals surface area contributed by atoms with Crippen molar-refractivity contribution >= 4 is 12.1 Å². The van der Waals surface area contributed by atoms with Gasteiger partial charge in [-0.2, -0.15) is 0 Å². The van der Waals surface area contributed by atoms with Crippen LogP contribution in [0.5, 0.6) is 0 Å². The summed E-state index contributed by atoms with van der Waals surface area (Å²) in [6.07, 6.45) is 2.22. The minimum atomic E-state index is -0.333. The van der Waals surface area contributed by atoms with Crippen LogP contribution in [-0.4, -0.2) is 12.1 Å². The third-order valence-electron chi connectivity index (χ3n) is 2.75. The molecule has 0 aromatic heterocycles. The molecule has 0 unspecified atom stereocenters. The fraction of sp³-hybridized carbons (Fsp3) is 0.846. The number of Topliss-reactive ketones (excluding diaryl/α,β-unsaturated/α-hetero) is 1. The SMILES string of the molecule is CC(C)C(=O)C(C)(C)CC(C)(C)CC=O. The van der Waals surface area contributed by atoms with Gasteiger partial charge in [0, 0.05) is 17.8 Å². The highest BCUT2D eigenvalue weighted by Gasteiger charge is 2.35. The summed E-state index contributed by atoms with van der Waals surface area (Å²) in [4.78, 5) is 22.5. The van der Waals surface area contributed by atoms with E-state index in [1.54, 1.807) is 0 Å². The second-order valence-electron chi connectivity index (χ2n) is 6.11. The molecule has 0 fully saturated rings. The lowest BCUT2D eigenvalue weighted by atomic mass is 9.69. The molecule has 15 heavy (non-hydrogen) atoms. The highest BCUT2D eigenvalue weighted by atomic mass is 16.1. The molecule has 0 bridgehead atoms. The first-order chi connectivity index (χ1) is 6.62. The van der Waals surface area contributed by atoms with Crippen molar-refractivity contribution in [2.45, 2.75) is 54.4 Å². The van der Waals surface area contributed by atoms with E-state index in [2.05, 4.69) is 0 Å². The first kappa shape index (κ1) is 14.3. The number of ketones is 1. The maximum absolute atomic E-state index is 12.0. The summed E-state index contributed by atoms with van der Waals surface area (Å²) in [5.41, 5.74) is -0.420. The number of carbonyl (C=O) groups excluding carboxylic acids is 2. The molecule has 88 valence electrons. The van der Waals surface area contributed by atoms with Crippen LogP contribution in [0.15, 0.2) is 0 Å². The topological polar surface area (TPSA) is 34.1 Å². The van der Waals surface area contributed by atoms with Crippen LogP contribution in [0.25, 0.3) is 0 Å². The zero-order valence-corrected chi connectivity index (χ0v) is 10.9. The first-order valence-corrected chi connectivity index (χ1v) is 5.60. The quantitative estimate of drug-likeness (QED) is 0.633. The van der Waals surface area contributed by atoms with Gasteiger partial charge in [-0.05, 0) is 11.8 Å². The first-order valence-electron chi connectivity index (χ1n) is 5.60. The molecule has 0 aliphatic carbocycles. The van der Waals surface area contributed by atoms with E-state index in [0.717, 1.165) is 12.7 Å². The number of aldehydes is 1. The van der Waals surface area contributed by atoms with Gasteiger partial charge < -0.3 is 4.79 Å². The third-order valence-corrected chi connectivity index (χ3v) is 2.75. The molecule has 0 amide bonds. The summed E-state index contributed by atoms with van der Waals surface area (Å²) in [5, 5.41) is 0. The summed E-state index contributed by atoms with van der Waals surface area (Å²) in [6, 6.07) is 0. The molecule has 0 saturated carbocycles. The molecule has 0 aliphatic heterocycles. The van der Waals surface area contributed by atoms with E-state index in [0.29, 0.717) is 6.42 Å². The molecule has 0 radical (unpaired) electrons. The third kappa shape index (κ3) is 4.59. The smallest absolute Gasteiger partial charge is 0.141 e. The van der Waals surface area contributed by atoms with Gasteiger partial charge >= 0.3 is 0 Å². The maximum Gasteiger partial charge on any atom is 0.141 e. The molecule has 0 atom stereocenters. The van der Waals surface area contributed by atoms with E-state index >= 15 is 0 Å². The van der Waals surface area contributed by atoms with Crippen molar-refractivity contribution in [3.8, 4) is 0 Å². The van der Waals surface area contributed by atoms with Crippen molar-refractivity contribution in [2.24, 2.45) is 16.7 Å². The average molecular weight is 212 g/mol. The van der Waals surface area contributed by atoms with Gasteiger partial charge in [-0.1, -0.05) is 41.5 Å². The summed E-state index contributed by atoms with van der Waals surface area (Å²) in [7, 11) is 0. The highest BCUT2D eigenvalue weighted by Crippen LogP contribution is 2.37. The van der Waals surface area contributed by atoms with Crippen molar-refractivity contribution < 1.29 is 9.59 Å². The molecule has 2 nitrogen and oxygen atoms in total. The predicted octanol–water partition coefficient (Wildman–Crippen LogP) is 3.24. The van der Waals surface area contributed by atoms with E-state index in [4.69, 9.17) is 0 Å². The fourth-order valence-electron chi connectivity index (χ4n) is 2.36. The van der Waals surface area contributed by atoms with E-state index in [1.807, 2.05) is 41.5 Å². The summed E-state index contributed by atoms with van der Waals surface area (Å²) >= 11 is 0. The number of rotatable bonds is 6. The van der Waals surface area contributed by atoms with Gasteiger partial charge in [0.1, 0.15) is 12.1 Å². The Hall–Kier alpha value is -0.660. The Morgan fingerprint density at radius 1 is 1.20 bits per heavy atom. The van der Waals surface area contributed by atoms with E-state index in [-0.39, 0.29) is 22.5 Å². The normalized spacial score (nSPS) is 13.0. The largest absolute Gasteiger partial charge is 0.303 e. The lowest BCUT2D eigenvalue weighted by molar-refractivity contribution is -0.132. The monoisotopic (exact) mass is 212 g/mol. The van der Waals surface area contributed by atoms with Crippen LogP contribution in [0.2, 0.25) is 0 Å². The number of hydrogen-bond acceptors (Lipinski definition) is 2. The van der Waals surface area contributed by atoms with Crippen LogP contribution in [0.1, 0.15) is 54.4 Å². The summed E-state index contributed by atoms with van der Waals surface area (Å²) < 4.78 is 0. The highest BCUT2D eigenvalue weighted by molar-refractivity contribution is 5.85. The van der Waals surface area contributed by atoms with Crippen LogP contribution in [0.3, 0.4) is 0 Å². The van der Waals surface area contributed by atoms with Crippen LogP contribution < -0.4 is 0 Å². The molecule has 0 spiro atoms. The van der Waals surface area contributed by atoms with Gasteiger partial charge in [0.2, 0.25) is 0 Å². The molecule has 0 N–H and O–H groups in total. The Kier molecular flexibility index (Phi) is 4.69. The second-order valence-corrected chi connectivity index (χ2v) is 6.11. The molecule has 0 saturated heterocycles. The standard InChI is InChI=1S/C13H24O2/c1-10(2)11(15)13(5,6)9-12(3,4)7-8-14/h8,10H,7,9H2,1-6H3. The zero-order valence-electron chi connectivity index (χ0n) is 10.9. The van der Waals surface area contributed by atoms with Crippen LogP contribution in [0, 0.1) is 16.7 Å². The Morgan fingerprint density at radius 2 is 1.67 bits per heavy atom. The van der Waals surface area contributed by atoms with Gasteiger partial charge in [0.15, 0.2) is 0 Å². The molecule has 0 heterocycles. The Balaban J connectivity index is 4.62. The summed E-state index contributed by atoms with van der Waals surface area (Å²) in [5.74, 6) is 0.341.